The van der Waals surface area contributed by atoms with E-state index >= 15 is 0 Å². The zero-order chi connectivity index (χ0) is 19.9. The van der Waals surface area contributed by atoms with Crippen molar-refractivity contribution in [3.05, 3.63) is 59.9 Å². The molecule has 0 unspecified atom stereocenters. The lowest BCUT2D eigenvalue weighted by Gasteiger charge is -2.05. The summed E-state index contributed by atoms with van der Waals surface area (Å²) in [5, 5.41) is 12.6. The van der Waals surface area contributed by atoms with Crippen LogP contribution in [0.2, 0.25) is 0 Å². The topological polar surface area (TPSA) is 120 Å². The maximum absolute atomic E-state index is 12.4. The lowest BCUT2D eigenvalue weighted by atomic mass is 10.1. The number of nitrogens with one attached hydrogen (secondary N) is 1. The fourth-order valence-electron chi connectivity index (χ4n) is 2.23. The van der Waals surface area contributed by atoms with E-state index in [9.17, 15) is 4.79 Å². The number of hydrogen-bond acceptors (Lipinski definition) is 9. The first-order valence-corrected chi connectivity index (χ1v) is 9.29. The number of thioether (sulfide) groups is 1. The van der Waals surface area contributed by atoms with Crippen LogP contribution >= 0.6 is 11.8 Å². The Morgan fingerprint density at radius 2 is 2.14 bits per heavy atom. The summed E-state index contributed by atoms with van der Waals surface area (Å²) in [5.74, 6) is 6.98. The summed E-state index contributed by atoms with van der Waals surface area (Å²) in [6.07, 6.45) is 1.69. The number of aromatic nitrogens is 4. The SMILES string of the molecule is COc1cccc(C(=O)CSc2nnc(N/N=C(\C)c3ccccn3)n2N)c1. The molecular formula is C18H19N7O2S. The van der Waals surface area contributed by atoms with Crippen molar-refractivity contribution < 1.29 is 9.53 Å². The third-order valence-corrected chi connectivity index (χ3v) is 4.69. The quantitative estimate of drug-likeness (QED) is 0.195. The molecule has 0 spiro atoms. The second-order valence-electron chi connectivity index (χ2n) is 5.64. The number of ether oxygens (including phenoxy) is 1. The predicted octanol–water partition coefficient (Wildman–Crippen LogP) is 2.21. The second kappa shape index (κ2) is 9.00. The molecular weight excluding hydrogens is 378 g/mol. The molecule has 3 N–H and O–H groups in total. The molecule has 0 atom stereocenters. The second-order valence-corrected chi connectivity index (χ2v) is 6.59. The number of rotatable bonds is 8. The smallest absolute Gasteiger partial charge is 0.264 e. The molecule has 0 saturated heterocycles. The Morgan fingerprint density at radius 3 is 2.89 bits per heavy atom. The van der Waals surface area contributed by atoms with Crippen molar-refractivity contribution in [2.45, 2.75) is 12.1 Å². The minimum Gasteiger partial charge on any atom is -0.497 e. The lowest BCUT2D eigenvalue weighted by molar-refractivity contribution is 0.102. The van der Waals surface area contributed by atoms with Crippen LogP contribution < -0.4 is 16.0 Å². The number of nitrogens with two attached hydrogens (primary N) is 1. The number of anilines is 1. The third kappa shape index (κ3) is 4.65. The monoisotopic (exact) mass is 397 g/mol. The summed E-state index contributed by atoms with van der Waals surface area (Å²) in [5.41, 5.74) is 4.73. The van der Waals surface area contributed by atoms with Gasteiger partial charge < -0.3 is 10.6 Å². The van der Waals surface area contributed by atoms with Gasteiger partial charge in [0.05, 0.1) is 24.3 Å². The molecule has 3 rings (SSSR count). The van der Waals surface area contributed by atoms with Gasteiger partial charge in [-0.2, -0.15) is 5.10 Å². The summed E-state index contributed by atoms with van der Waals surface area (Å²) >= 11 is 1.19. The van der Waals surface area contributed by atoms with Crippen LogP contribution in [-0.2, 0) is 0 Å². The number of hydrazone groups is 1. The summed E-state index contributed by atoms with van der Waals surface area (Å²) in [4.78, 5) is 16.6. The fraction of sp³-hybridized carbons (Fsp3) is 0.167. The molecule has 10 heteroatoms. The molecule has 144 valence electrons. The highest BCUT2D eigenvalue weighted by Gasteiger charge is 2.14. The van der Waals surface area contributed by atoms with E-state index in [0.29, 0.717) is 22.2 Å². The average Bonchev–Trinajstić information content (AvgIpc) is 3.10. The van der Waals surface area contributed by atoms with E-state index < -0.39 is 0 Å². The molecule has 0 aliphatic heterocycles. The zero-order valence-electron chi connectivity index (χ0n) is 15.4. The lowest BCUT2D eigenvalue weighted by Crippen LogP contribution is -2.14. The number of ketones is 1. The number of benzene rings is 1. The Bertz CT molecular complexity index is 989. The maximum Gasteiger partial charge on any atom is 0.264 e. The number of nitrogen functional groups attached to an aromatic ring is 1. The minimum atomic E-state index is -0.0644. The Labute approximate surface area is 166 Å². The van der Waals surface area contributed by atoms with Gasteiger partial charge in [-0.15, -0.1) is 10.2 Å². The van der Waals surface area contributed by atoms with Crippen LogP contribution in [0.4, 0.5) is 5.95 Å². The molecule has 0 bridgehead atoms. The van der Waals surface area contributed by atoms with E-state index in [2.05, 4.69) is 25.7 Å². The van der Waals surface area contributed by atoms with E-state index in [-0.39, 0.29) is 17.5 Å². The van der Waals surface area contributed by atoms with Gasteiger partial charge in [0.15, 0.2) is 5.78 Å². The van der Waals surface area contributed by atoms with E-state index in [4.69, 9.17) is 10.6 Å². The number of methoxy groups -OCH3 is 1. The van der Waals surface area contributed by atoms with Crippen LogP contribution in [0.3, 0.4) is 0 Å². The standard InChI is InChI=1S/C18H19N7O2S/c1-12(15-8-3-4-9-20-15)21-22-17-23-24-18(25(17)19)28-11-16(26)13-6-5-7-14(10-13)27-2/h3-10H,11,19H2,1-2H3,(H,22,23)/b21-12+. The van der Waals surface area contributed by atoms with E-state index in [0.717, 1.165) is 5.69 Å². The van der Waals surface area contributed by atoms with Crippen LogP contribution in [0.5, 0.6) is 5.75 Å². The first-order valence-electron chi connectivity index (χ1n) is 8.30. The highest BCUT2D eigenvalue weighted by molar-refractivity contribution is 7.99. The fourth-order valence-corrected chi connectivity index (χ4v) is 2.98. The molecule has 2 heterocycles. The molecule has 0 amide bonds. The van der Waals surface area contributed by atoms with Crippen molar-refractivity contribution >= 4 is 29.2 Å². The van der Waals surface area contributed by atoms with E-state index in [1.54, 1.807) is 37.6 Å². The van der Waals surface area contributed by atoms with Crippen molar-refractivity contribution in [2.24, 2.45) is 5.10 Å². The molecule has 1 aromatic carbocycles. The largest absolute Gasteiger partial charge is 0.497 e. The molecule has 28 heavy (non-hydrogen) atoms. The summed E-state index contributed by atoms with van der Waals surface area (Å²) in [7, 11) is 1.56. The molecule has 3 aromatic rings. The van der Waals surface area contributed by atoms with Gasteiger partial charge in [0.25, 0.3) is 5.95 Å². The van der Waals surface area contributed by atoms with Crippen molar-refractivity contribution in [3.63, 3.8) is 0 Å². The van der Waals surface area contributed by atoms with Gasteiger partial charge in [0, 0.05) is 11.8 Å². The number of carbonyl (C=O) groups is 1. The van der Waals surface area contributed by atoms with Crippen LogP contribution in [0, 0.1) is 0 Å². The van der Waals surface area contributed by atoms with Crippen molar-refractivity contribution in [2.75, 3.05) is 24.1 Å². The van der Waals surface area contributed by atoms with Gasteiger partial charge in [-0.05, 0) is 31.2 Å². The Balaban J connectivity index is 1.62. The summed E-state index contributed by atoms with van der Waals surface area (Å²) in [6, 6.07) is 12.5. The van der Waals surface area contributed by atoms with Crippen LogP contribution in [-0.4, -0.2) is 44.2 Å². The molecule has 0 radical (unpaired) electrons. The van der Waals surface area contributed by atoms with E-state index in [1.165, 1.54) is 16.4 Å². The van der Waals surface area contributed by atoms with Crippen molar-refractivity contribution in [3.8, 4) is 5.75 Å². The van der Waals surface area contributed by atoms with Crippen molar-refractivity contribution in [1.29, 1.82) is 0 Å². The van der Waals surface area contributed by atoms with Gasteiger partial charge in [-0.25, -0.2) is 10.1 Å². The third-order valence-electron chi connectivity index (χ3n) is 3.75. The van der Waals surface area contributed by atoms with Gasteiger partial charge in [0.1, 0.15) is 5.75 Å². The Hall–Kier alpha value is -3.40. The zero-order valence-corrected chi connectivity index (χ0v) is 16.2. The van der Waals surface area contributed by atoms with Crippen molar-refractivity contribution in [1.82, 2.24) is 19.9 Å². The number of carbonyl (C=O) groups excluding carboxylic acids is 1. The number of Topliss-reactive ketones (excluding diaryl/α,β-unsaturated/α-hetero) is 1. The Kier molecular flexibility index (Phi) is 6.22. The number of nitrogens with zero attached hydrogens (tertiary/aromatic N) is 5. The first-order chi connectivity index (χ1) is 13.6. The highest BCUT2D eigenvalue weighted by atomic mass is 32.2. The van der Waals surface area contributed by atoms with Crippen LogP contribution in [0.25, 0.3) is 0 Å². The molecule has 0 aliphatic carbocycles. The average molecular weight is 397 g/mol. The maximum atomic E-state index is 12.4. The van der Waals surface area contributed by atoms with Gasteiger partial charge >= 0.3 is 0 Å². The number of pyridine rings is 1. The molecule has 0 fully saturated rings. The highest BCUT2D eigenvalue weighted by Crippen LogP contribution is 2.20. The molecule has 2 aromatic heterocycles. The molecule has 0 aliphatic rings. The molecule has 0 saturated carbocycles. The molecule has 9 nitrogen and oxygen atoms in total. The predicted molar refractivity (Wildman–Crippen MR) is 108 cm³/mol. The normalized spacial score (nSPS) is 11.3. The van der Waals surface area contributed by atoms with Gasteiger partial charge in [0.2, 0.25) is 5.16 Å². The summed E-state index contributed by atoms with van der Waals surface area (Å²) < 4.78 is 6.39. The van der Waals surface area contributed by atoms with Gasteiger partial charge in [-0.1, -0.05) is 30.0 Å². The van der Waals surface area contributed by atoms with E-state index in [1.807, 2.05) is 25.1 Å². The summed E-state index contributed by atoms with van der Waals surface area (Å²) in [6.45, 7) is 1.81. The minimum absolute atomic E-state index is 0.0644. The number of hydrogen-bond donors (Lipinski definition) is 2. The Morgan fingerprint density at radius 1 is 1.29 bits per heavy atom. The first kappa shape index (κ1) is 19.4. The van der Waals surface area contributed by atoms with Crippen LogP contribution in [0.1, 0.15) is 23.0 Å². The van der Waals surface area contributed by atoms with Crippen LogP contribution in [0.15, 0.2) is 58.9 Å². The van der Waals surface area contributed by atoms with Gasteiger partial charge in [-0.3, -0.25) is 9.78 Å².